The highest BCUT2D eigenvalue weighted by Crippen LogP contribution is 2.33. The van der Waals surface area contributed by atoms with Crippen LogP contribution in [0.1, 0.15) is 27.1 Å². The molecule has 2 amide bonds. The van der Waals surface area contributed by atoms with Crippen molar-refractivity contribution in [3.63, 3.8) is 0 Å². The number of nitrogens with zero attached hydrogens (tertiary/aromatic N) is 1. The molecule has 2 aromatic carbocycles. The fraction of sp³-hybridized carbons (Fsp3) is 0.294. The Bertz CT molecular complexity index is 784. The number of imide groups is 1. The van der Waals surface area contributed by atoms with Crippen molar-refractivity contribution in [2.75, 3.05) is 19.6 Å². The maximum Gasteiger partial charge on any atom is 0.261 e. The van der Waals surface area contributed by atoms with Crippen LogP contribution in [0.25, 0.3) is 10.8 Å². The Balaban J connectivity index is 2.02. The second-order valence-electron chi connectivity index (χ2n) is 5.79. The van der Waals surface area contributed by atoms with Gasteiger partial charge in [0.05, 0.1) is 5.56 Å². The van der Waals surface area contributed by atoms with Gasteiger partial charge in [-0.05, 0) is 49.0 Å². The van der Waals surface area contributed by atoms with E-state index in [0.717, 1.165) is 0 Å². The molecule has 5 N–H and O–H groups in total. The van der Waals surface area contributed by atoms with Gasteiger partial charge in [-0.2, -0.15) is 0 Å². The maximum absolute atomic E-state index is 12.7. The largest absolute Gasteiger partial charge is 0.508 e. The fourth-order valence-electron chi connectivity index (χ4n) is 2.99. The van der Waals surface area contributed by atoms with Gasteiger partial charge in [0.25, 0.3) is 11.8 Å². The molecule has 1 aliphatic heterocycles. The summed E-state index contributed by atoms with van der Waals surface area (Å²) in [7, 11) is 0. The van der Waals surface area contributed by atoms with Crippen molar-refractivity contribution < 1.29 is 14.7 Å². The minimum Gasteiger partial charge on any atom is -0.508 e. The van der Waals surface area contributed by atoms with Crippen molar-refractivity contribution in [1.82, 2.24) is 4.90 Å². The van der Waals surface area contributed by atoms with Crippen molar-refractivity contribution in [3.05, 3.63) is 41.5 Å². The molecule has 0 aromatic heterocycles. The third-order valence-electron chi connectivity index (χ3n) is 4.34. The van der Waals surface area contributed by atoms with Gasteiger partial charge in [-0.3, -0.25) is 14.5 Å². The van der Waals surface area contributed by atoms with E-state index in [1.54, 1.807) is 24.3 Å². The zero-order valence-electron chi connectivity index (χ0n) is 12.7. The average Bonchev–Trinajstić information content (AvgIpc) is 2.55. The number of carbonyl (C=O) groups excluding carboxylic acids is 2. The summed E-state index contributed by atoms with van der Waals surface area (Å²) < 4.78 is 0. The molecule has 0 saturated carbocycles. The van der Waals surface area contributed by atoms with E-state index in [9.17, 15) is 14.7 Å². The normalized spacial score (nSPS) is 14.1. The van der Waals surface area contributed by atoms with Crippen LogP contribution in [-0.4, -0.2) is 41.5 Å². The van der Waals surface area contributed by atoms with E-state index in [1.807, 2.05) is 0 Å². The van der Waals surface area contributed by atoms with Crippen molar-refractivity contribution in [3.8, 4) is 5.75 Å². The highest BCUT2D eigenvalue weighted by atomic mass is 16.3. The Morgan fingerprint density at radius 2 is 1.74 bits per heavy atom. The molecule has 3 rings (SSSR count). The quantitative estimate of drug-likeness (QED) is 0.715. The Labute approximate surface area is 133 Å². The van der Waals surface area contributed by atoms with Gasteiger partial charge in [0.15, 0.2) is 0 Å². The van der Waals surface area contributed by atoms with Crippen LogP contribution in [0.5, 0.6) is 5.75 Å². The van der Waals surface area contributed by atoms with Gasteiger partial charge in [-0.1, -0.05) is 12.1 Å². The minimum absolute atomic E-state index is 0.00842. The van der Waals surface area contributed by atoms with Crippen molar-refractivity contribution in [2.24, 2.45) is 17.4 Å². The number of amides is 2. The Hall–Kier alpha value is -2.44. The fourth-order valence-corrected chi connectivity index (χ4v) is 2.99. The lowest BCUT2D eigenvalue weighted by Gasteiger charge is -2.28. The molecular formula is C17H19N3O3. The van der Waals surface area contributed by atoms with E-state index in [4.69, 9.17) is 11.5 Å². The first kappa shape index (κ1) is 15.5. The van der Waals surface area contributed by atoms with Crippen molar-refractivity contribution in [1.29, 1.82) is 0 Å². The molecule has 0 saturated heterocycles. The second-order valence-corrected chi connectivity index (χ2v) is 5.79. The summed E-state index contributed by atoms with van der Waals surface area (Å²) >= 11 is 0. The van der Waals surface area contributed by atoms with Gasteiger partial charge in [0, 0.05) is 17.5 Å². The first-order valence-corrected chi connectivity index (χ1v) is 7.59. The van der Waals surface area contributed by atoms with Crippen molar-refractivity contribution >= 4 is 22.6 Å². The smallest absolute Gasteiger partial charge is 0.261 e. The second kappa shape index (κ2) is 5.98. The number of hydrogen-bond donors (Lipinski definition) is 3. The highest BCUT2D eigenvalue weighted by molar-refractivity contribution is 6.25. The molecule has 0 fully saturated rings. The van der Waals surface area contributed by atoms with E-state index in [2.05, 4.69) is 0 Å². The lowest BCUT2D eigenvalue weighted by molar-refractivity contribution is 0.0602. The SMILES string of the molecule is NCC(CN)CCN1C(=O)c2cccc3cc(O)cc(c23)C1=O. The lowest BCUT2D eigenvalue weighted by atomic mass is 9.93. The lowest BCUT2D eigenvalue weighted by Crippen LogP contribution is -2.42. The number of hydrogen-bond acceptors (Lipinski definition) is 5. The summed E-state index contributed by atoms with van der Waals surface area (Å²) in [6.45, 7) is 1.10. The average molecular weight is 313 g/mol. The van der Waals surface area contributed by atoms with Gasteiger partial charge < -0.3 is 16.6 Å². The number of rotatable bonds is 5. The number of nitrogens with two attached hydrogens (primary N) is 2. The summed E-state index contributed by atoms with van der Waals surface area (Å²) in [6.07, 6.45) is 0.564. The summed E-state index contributed by atoms with van der Waals surface area (Å²) in [5, 5.41) is 11.1. The first-order chi connectivity index (χ1) is 11.1. The zero-order chi connectivity index (χ0) is 16.6. The summed E-state index contributed by atoms with van der Waals surface area (Å²) in [5.41, 5.74) is 12.1. The first-order valence-electron chi connectivity index (χ1n) is 7.59. The van der Waals surface area contributed by atoms with Gasteiger partial charge in [0.1, 0.15) is 5.75 Å². The molecule has 0 atom stereocenters. The van der Waals surface area contributed by atoms with Crippen LogP contribution < -0.4 is 11.5 Å². The van der Waals surface area contributed by atoms with Crippen LogP contribution in [-0.2, 0) is 0 Å². The maximum atomic E-state index is 12.7. The van der Waals surface area contributed by atoms with E-state index < -0.39 is 0 Å². The number of phenolic OH excluding ortho intramolecular Hbond substituents is 1. The molecule has 6 heteroatoms. The molecule has 0 unspecified atom stereocenters. The van der Waals surface area contributed by atoms with Gasteiger partial charge in [0.2, 0.25) is 0 Å². The molecule has 0 spiro atoms. The van der Waals surface area contributed by atoms with Gasteiger partial charge in [-0.15, -0.1) is 0 Å². The minimum atomic E-state index is -0.387. The molecule has 6 nitrogen and oxygen atoms in total. The predicted octanol–water partition coefficient (Wildman–Crippen LogP) is 1.07. The van der Waals surface area contributed by atoms with E-state index in [-0.39, 0.29) is 30.0 Å². The zero-order valence-corrected chi connectivity index (χ0v) is 12.7. The van der Waals surface area contributed by atoms with Crippen molar-refractivity contribution in [2.45, 2.75) is 6.42 Å². The van der Waals surface area contributed by atoms with Crippen LogP contribution in [0, 0.1) is 5.92 Å². The molecule has 120 valence electrons. The molecule has 0 radical (unpaired) electrons. The van der Waals surface area contributed by atoms with E-state index >= 15 is 0 Å². The molecule has 0 bridgehead atoms. The Morgan fingerprint density at radius 3 is 2.43 bits per heavy atom. The molecular weight excluding hydrogens is 294 g/mol. The summed E-state index contributed by atoms with van der Waals surface area (Å²) in [6, 6.07) is 8.19. The van der Waals surface area contributed by atoms with Crippen LogP contribution >= 0.6 is 0 Å². The highest BCUT2D eigenvalue weighted by Gasteiger charge is 2.33. The Morgan fingerprint density at radius 1 is 1.04 bits per heavy atom. The molecule has 0 aliphatic carbocycles. The molecule has 1 heterocycles. The van der Waals surface area contributed by atoms with E-state index in [1.165, 1.54) is 11.0 Å². The standard InChI is InChI=1S/C17H19N3O3/c18-8-10(9-19)4-5-20-16(22)13-3-1-2-11-6-12(21)7-14(15(11)13)17(20)23/h1-3,6-7,10,21H,4-5,8-9,18-19H2. The molecule has 23 heavy (non-hydrogen) atoms. The third kappa shape index (κ3) is 2.56. The van der Waals surface area contributed by atoms with E-state index in [0.29, 0.717) is 41.4 Å². The Kier molecular flexibility index (Phi) is 4.02. The van der Waals surface area contributed by atoms with Crippen LogP contribution in [0.15, 0.2) is 30.3 Å². The number of benzene rings is 2. The monoisotopic (exact) mass is 313 g/mol. The van der Waals surface area contributed by atoms with Crippen LogP contribution in [0.2, 0.25) is 0 Å². The van der Waals surface area contributed by atoms with Crippen LogP contribution in [0.4, 0.5) is 0 Å². The van der Waals surface area contributed by atoms with Crippen LogP contribution in [0.3, 0.4) is 0 Å². The van der Waals surface area contributed by atoms with Gasteiger partial charge in [-0.25, -0.2) is 0 Å². The summed E-state index contributed by atoms with van der Waals surface area (Å²) in [4.78, 5) is 26.6. The predicted molar refractivity (Wildman–Crippen MR) is 87.2 cm³/mol. The molecule has 2 aromatic rings. The van der Waals surface area contributed by atoms with Gasteiger partial charge >= 0.3 is 0 Å². The summed E-state index contributed by atoms with van der Waals surface area (Å²) in [5.74, 6) is -0.625. The third-order valence-corrected chi connectivity index (χ3v) is 4.34. The molecule has 1 aliphatic rings. The number of aromatic hydroxyl groups is 1. The topological polar surface area (TPSA) is 110 Å². The number of carbonyl (C=O) groups is 2. The number of phenols is 1.